The number of nitrogens with zero attached hydrogens (tertiary/aromatic N) is 1. The number of likely N-dealkylation sites (tertiary alicyclic amines) is 1. The number of benzene rings is 1. The molecule has 4 rings (SSSR count). The van der Waals surface area contributed by atoms with Gasteiger partial charge in [-0.3, -0.25) is 9.69 Å². The Hall–Kier alpha value is -2.69. The number of phenolic OH excluding ortho intramolecular Hbond substituents is 1. The van der Waals surface area contributed by atoms with Gasteiger partial charge in [-0.2, -0.15) is 0 Å². The maximum absolute atomic E-state index is 11.8. The zero-order chi connectivity index (χ0) is 25.8. The van der Waals surface area contributed by atoms with E-state index in [1.54, 1.807) is 0 Å². The first kappa shape index (κ1) is 26.9. The predicted octanol–water partition coefficient (Wildman–Crippen LogP) is 1.28. The molecule has 194 valence electrons. The Bertz CT molecular complexity index is 918. The van der Waals surface area contributed by atoms with Gasteiger partial charge in [0.2, 0.25) is 0 Å². The van der Waals surface area contributed by atoms with Crippen molar-refractivity contribution in [3.8, 4) is 5.75 Å². The van der Waals surface area contributed by atoms with Crippen LogP contribution in [-0.2, 0) is 31.0 Å². The van der Waals surface area contributed by atoms with E-state index in [2.05, 4.69) is 11.0 Å². The highest BCUT2D eigenvalue weighted by atomic mass is 16.5. The topological polar surface area (TPSA) is 165 Å². The van der Waals surface area contributed by atoms with E-state index in [1.807, 2.05) is 19.1 Å². The SMILES string of the molecule is CCOC(=O)CCN1CC[C@]23CCCC[C@H]2[C@H]1Cc1ccc(O)cc13.O=C(O)C(O)C(O)C(=O)O. The Morgan fingerprint density at radius 3 is 2.43 bits per heavy atom. The summed E-state index contributed by atoms with van der Waals surface area (Å²) in [6.45, 7) is 4.19. The number of hydrogen-bond donors (Lipinski definition) is 5. The summed E-state index contributed by atoms with van der Waals surface area (Å²) in [5.41, 5.74) is 3.07. The molecule has 1 aromatic carbocycles. The van der Waals surface area contributed by atoms with E-state index in [0.717, 1.165) is 25.9 Å². The number of carbonyl (C=O) groups is 3. The summed E-state index contributed by atoms with van der Waals surface area (Å²) in [5, 5.41) is 42.6. The number of rotatable bonds is 7. The van der Waals surface area contributed by atoms with E-state index in [4.69, 9.17) is 25.2 Å². The zero-order valence-electron chi connectivity index (χ0n) is 19.9. The van der Waals surface area contributed by atoms with Crippen molar-refractivity contribution in [2.75, 3.05) is 19.7 Å². The van der Waals surface area contributed by atoms with E-state index < -0.39 is 24.1 Å². The van der Waals surface area contributed by atoms with Crippen LogP contribution in [0.4, 0.5) is 0 Å². The van der Waals surface area contributed by atoms with Crippen LogP contribution in [0.15, 0.2) is 18.2 Å². The lowest BCUT2D eigenvalue weighted by atomic mass is 9.52. The number of ether oxygens (including phenoxy) is 1. The molecular formula is C25H35NO9. The van der Waals surface area contributed by atoms with E-state index in [9.17, 15) is 19.5 Å². The highest BCUT2D eigenvalue weighted by molar-refractivity contribution is 5.83. The number of carboxylic acids is 2. The Morgan fingerprint density at radius 2 is 1.80 bits per heavy atom. The molecule has 0 spiro atoms. The third-order valence-electron chi connectivity index (χ3n) is 7.65. The molecule has 2 unspecified atom stereocenters. The van der Waals surface area contributed by atoms with Crippen LogP contribution in [0.25, 0.3) is 0 Å². The Kier molecular flexibility index (Phi) is 8.74. The van der Waals surface area contributed by atoms with Gasteiger partial charge >= 0.3 is 17.9 Å². The summed E-state index contributed by atoms with van der Waals surface area (Å²) in [6, 6.07) is 6.52. The minimum Gasteiger partial charge on any atom is -0.508 e. The largest absolute Gasteiger partial charge is 0.508 e. The molecule has 10 nitrogen and oxygen atoms in total. The van der Waals surface area contributed by atoms with Crippen molar-refractivity contribution in [2.24, 2.45) is 5.92 Å². The van der Waals surface area contributed by atoms with Crippen molar-refractivity contribution in [1.82, 2.24) is 4.90 Å². The van der Waals surface area contributed by atoms with Gasteiger partial charge in [0.05, 0.1) is 13.0 Å². The Labute approximate surface area is 204 Å². The van der Waals surface area contributed by atoms with Crippen LogP contribution in [0.1, 0.15) is 56.6 Å². The fourth-order valence-electron chi connectivity index (χ4n) is 6.09. The lowest BCUT2D eigenvalue weighted by molar-refractivity contribution is -0.165. The summed E-state index contributed by atoms with van der Waals surface area (Å²) in [7, 11) is 0. The van der Waals surface area contributed by atoms with Crippen LogP contribution in [-0.4, -0.2) is 86.3 Å². The number of esters is 1. The molecule has 3 aliphatic rings. The highest BCUT2D eigenvalue weighted by Crippen LogP contribution is 2.56. The van der Waals surface area contributed by atoms with Crippen LogP contribution in [0.3, 0.4) is 0 Å². The summed E-state index contributed by atoms with van der Waals surface area (Å²) < 4.78 is 5.12. The summed E-state index contributed by atoms with van der Waals surface area (Å²) in [4.78, 5) is 33.9. The lowest BCUT2D eigenvalue weighted by Crippen LogP contribution is -2.61. The van der Waals surface area contributed by atoms with Crippen molar-refractivity contribution in [3.05, 3.63) is 29.3 Å². The van der Waals surface area contributed by atoms with Crippen molar-refractivity contribution < 1.29 is 44.7 Å². The maximum atomic E-state index is 11.8. The molecule has 0 aromatic heterocycles. The maximum Gasteiger partial charge on any atom is 0.335 e. The van der Waals surface area contributed by atoms with E-state index in [1.165, 1.54) is 36.8 Å². The van der Waals surface area contributed by atoms with Crippen LogP contribution in [0.5, 0.6) is 5.75 Å². The number of carboxylic acid groups (broad SMARTS) is 2. The normalized spacial score (nSPS) is 26.7. The van der Waals surface area contributed by atoms with E-state index in [-0.39, 0.29) is 11.4 Å². The first-order chi connectivity index (χ1) is 16.6. The zero-order valence-corrected chi connectivity index (χ0v) is 19.9. The molecule has 2 aliphatic carbocycles. The van der Waals surface area contributed by atoms with Gasteiger partial charge in [-0.15, -0.1) is 0 Å². The summed E-state index contributed by atoms with van der Waals surface area (Å²) in [5.74, 6) is -2.55. The second kappa shape index (κ2) is 11.4. The second-order valence-corrected chi connectivity index (χ2v) is 9.53. The first-order valence-corrected chi connectivity index (χ1v) is 12.1. The Morgan fingerprint density at radius 1 is 1.11 bits per heavy atom. The smallest absolute Gasteiger partial charge is 0.335 e. The van der Waals surface area contributed by atoms with Gasteiger partial charge in [0.1, 0.15) is 5.75 Å². The van der Waals surface area contributed by atoms with Gasteiger partial charge in [0.15, 0.2) is 12.2 Å². The van der Waals surface area contributed by atoms with Gasteiger partial charge in [0.25, 0.3) is 0 Å². The highest BCUT2D eigenvalue weighted by Gasteiger charge is 2.53. The number of carbonyl (C=O) groups excluding carboxylic acids is 1. The second-order valence-electron chi connectivity index (χ2n) is 9.53. The van der Waals surface area contributed by atoms with Gasteiger partial charge < -0.3 is 30.3 Å². The molecular weight excluding hydrogens is 458 g/mol. The summed E-state index contributed by atoms with van der Waals surface area (Å²) >= 11 is 0. The monoisotopic (exact) mass is 493 g/mol. The molecule has 0 amide bonds. The molecule has 1 aliphatic heterocycles. The van der Waals surface area contributed by atoms with Crippen LogP contribution < -0.4 is 0 Å². The fourth-order valence-corrected chi connectivity index (χ4v) is 6.09. The van der Waals surface area contributed by atoms with Crippen molar-refractivity contribution >= 4 is 17.9 Å². The molecule has 5 atom stereocenters. The minimum atomic E-state index is -2.27. The molecule has 2 fully saturated rings. The standard InChI is InChI=1S/C21H29NO3.C4H6O6/c1-2-25-20(24)8-11-22-12-10-21-9-4-3-5-17(21)19(22)13-15-6-7-16(23)14-18(15)21;5-1(3(7)8)2(6)4(9)10/h6-7,14,17,19,23H,2-5,8-13H2,1H3;1-2,5-6H,(H,7,8)(H,9,10)/t17-,19+,21+;/m0./s1. The number of aliphatic carboxylic acids is 2. The molecule has 1 saturated carbocycles. The van der Waals surface area contributed by atoms with Crippen LogP contribution in [0.2, 0.25) is 0 Å². The van der Waals surface area contributed by atoms with Crippen LogP contribution >= 0.6 is 0 Å². The average Bonchev–Trinajstić information content (AvgIpc) is 2.83. The van der Waals surface area contributed by atoms with Crippen molar-refractivity contribution in [3.63, 3.8) is 0 Å². The number of aromatic hydroxyl groups is 1. The molecule has 2 bridgehead atoms. The number of phenols is 1. The molecule has 5 N–H and O–H groups in total. The van der Waals surface area contributed by atoms with Crippen molar-refractivity contribution in [1.29, 1.82) is 0 Å². The third kappa shape index (κ3) is 5.76. The van der Waals surface area contributed by atoms with E-state index >= 15 is 0 Å². The number of hydrogen-bond acceptors (Lipinski definition) is 8. The average molecular weight is 494 g/mol. The minimum absolute atomic E-state index is 0.0795. The first-order valence-electron chi connectivity index (χ1n) is 12.1. The van der Waals surface area contributed by atoms with Gasteiger partial charge in [-0.1, -0.05) is 18.9 Å². The predicted molar refractivity (Wildman–Crippen MR) is 124 cm³/mol. The number of aliphatic hydroxyl groups excluding tert-OH is 2. The quantitative estimate of drug-likeness (QED) is 0.349. The molecule has 35 heavy (non-hydrogen) atoms. The van der Waals surface area contributed by atoms with E-state index in [0.29, 0.717) is 30.7 Å². The molecule has 1 heterocycles. The lowest BCUT2D eigenvalue weighted by Gasteiger charge is -2.59. The Balaban J connectivity index is 0.000000292. The molecule has 1 aromatic rings. The number of piperidine rings is 1. The van der Waals surface area contributed by atoms with Gasteiger partial charge in [-0.05, 0) is 68.3 Å². The third-order valence-corrected chi connectivity index (χ3v) is 7.65. The molecule has 0 radical (unpaired) electrons. The number of aliphatic hydroxyl groups is 2. The van der Waals surface area contributed by atoms with Crippen LogP contribution in [0, 0.1) is 5.92 Å². The van der Waals surface area contributed by atoms with Crippen molar-refractivity contribution in [2.45, 2.75) is 75.5 Å². The van der Waals surface area contributed by atoms with Gasteiger partial charge in [-0.25, -0.2) is 9.59 Å². The van der Waals surface area contributed by atoms with Gasteiger partial charge in [0, 0.05) is 18.0 Å². The fraction of sp³-hybridized carbons (Fsp3) is 0.640. The number of fused-ring (bicyclic) bond motifs is 1. The summed E-state index contributed by atoms with van der Waals surface area (Å²) in [6.07, 6.45) is 3.27. The molecule has 10 heteroatoms. The molecule has 1 saturated heterocycles.